The van der Waals surface area contributed by atoms with Crippen molar-refractivity contribution in [1.82, 2.24) is 4.98 Å². The van der Waals surface area contributed by atoms with Crippen LogP contribution in [0.4, 0.5) is 10.4 Å². The van der Waals surface area contributed by atoms with Gasteiger partial charge in [0.1, 0.15) is 12.1 Å². The molecule has 100 valence electrons. The molecule has 0 fully saturated rings. The number of anilines is 1. The number of hydrogen-bond donors (Lipinski definition) is 2. The van der Waals surface area contributed by atoms with Crippen molar-refractivity contribution in [3.05, 3.63) is 47.6 Å². The Morgan fingerprint density at radius 3 is 2.74 bits per heavy atom. The van der Waals surface area contributed by atoms with Crippen LogP contribution in [0.2, 0.25) is 0 Å². The minimum atomic E-state index is -1.14. The predicted molar refractivity (Wildman–Crippen MR) is 66.7 cm³/mol. The number of aromatic nitrogens is 1. The summed E-state index contributed by atoms with van der Waals surface area (Å²) >= 11 is 0. The summed E-state index contributed by atoms with van der Waals surface area (Å²) in [6.07, 6.45) is 1.72. The molecule has 0 bridgehead atoms. The van der Waals surface area contributed by atoms with E-state index >= 15 is 0 Å². The van der Waals surface area contributed by atoms with Crippen molar-refractivity contribution in [2.24, 2.45) is 0 Å². The molecule has 0 radical (unpaired) electrons. The maximum atomic E-state index is 12.8. The molecule has 0 aliphatic carbocycles. The van der Waals surface area contributed by atoms with Crippen LogP contribution in [0.5, 0.6) is 0 Å². The summed E-state index contributed by atoms with van der Waals surface area (Å²) in [5, 5.41) is 11.7. The molecule has 2 rings (SSSR count). The van der Waals surface area contributed by atoms with Crippen LogP contribution in [0.1, 0.15) is 23.0 Å². The lowest BCUT2D eigenvalue weighted by Gasteiger charge is -2.11. The molecule has 1 unspecified atom stereocenters. The Labute approximate surface area is 109 Å². The summed E-state index contributed by atoms with van der Waals surface area (Å²) in [5.74, 6) is -1.41. The van der Waals surface area contributed by atoms with E-state index in [0.717, 1.165) is 11.8 Å². The van der Waals surface area contributed by atoms with Gasteiger partial charge in [-0.05, 0) is 31.0 Å². The number of nitrogens with one attached hydrogen (secondary N) is 1. The molecule has 5 nitrogen and oxygen atoms in total. The Balaban J connectivity index is 1.94. The van der Waals surface area contributed by atoms with Crippen LogP contribution in [-0.2, 0) is 6.42 Å². The summed E-state index contributed by atoms with van der Waals surface area (Å²) in [6.45, 7) is 1.90. The van der Waals surface area contributed by atoms with Crippen LogP contribution < -0.4 is 5.32 Å². The number of halogens is 1. The number of hydrogen-bond acceptors (Lipinski definition) is 4. The van der Waals surface area contributed by atoms with E-state index in [1.807, 2.05) is 6.92 Å². The van der Waals surface area contributed by atoms with Gasteiger partial charge in [0.2, 0.25) is 0 Å². The van der Waals surface area contributed by atoms with Crippen molar-refractivity contribution < 1.29 is 18.7 Å². The highest BCUT2D eigenvalue weighted by atomic mass is 19.1. The first kappa shape index (κ1) is 13.1. The molecule has 2 N–H and O–H groups in total. The molecule has 0 aliphatic rings. The zero-order chi connectivity index (χ0) is 13.8. The molecule has 1 heterocycles. The number of carbonyl (C=O) groups is 1. The number of benzene rings is 1. The van der Waals surface area contributed by atoms with E-state index in [2.05, 4.69) is 10.3 Å². The van der Waals surface area contributed by atoms with E-state index in [-0.39, 0.29) is 23.6 Å². The zero-order valence-electron chi connectivity index (χ0n) is 10.3. The average molecular weight is 264 g/mol. The van der Waals surface area contributed by atoms with Crippen LogP contribution >= 0.6 is 0 Å². The molecule has 0 aliphatic heterocycles. The Hall–Kier alpha value is -2.37. The highest BCUT2D eigenvalue weighted by molar-refractivity contribution is 5.85. The Kier molecular flexibility index (Phi) is 3.79. The number of carboxylic acid groups (broad SMARTS) is 1. The van der Waals surface area contributed by atoms with Gasteiger partial charge in [0.25, 0.3) is 6.01 Å². The highest BCUT2D eigenvalue weighted by Gasteiger charge is 2.12. The molecular weight excluding hydrogens is 251 g/mol. The fourth-order valence-corrected chi connectivity index (χ4v) is 1.67. The summed E-state index contributed by atoms with van der Waals surface area (Å²) in [4.78, 5) is 14.4. The smallest absolute Gasteiger partial charge is 0.357 e. The lowest BCUT2D eigenvalue weighted by molar-refractivity contribution is 0.0690. The van der Waals surface area contributed by atoms with Crippen molar-refractivity contribution >= 4 is 12.0 Å². The fraction of sp³-hybridized carbons (Fsp3) is 0.231. The number of carboxylic acids is 1. The third kappa shape index (κ3) is 3.54. The minimum Gasteiger partial charge on any atom is -0.476 e. The minimum absolute atomic E-state index is 0.0224. The Morgan fingerprint density at radius 2 is 2.16 bits per heavy atom. The standard InChI is InChI=1S/C13H13FN2O3/c1-8(6-9-2-4-10(14)5-3-9)15-13-16-11(7-19-13)12(17)18/h2-5,7-8H,6H2,1H3,(H,15,16)(H,17,18). The Bertz CT molecular complexity index is 566. The largest absolute Gasteiger partial charge is 0.476 e. The van der Waals surface area contributed by atoms with Gasteiger partial charge in [0.15, 0.2) is 5.69 Å². The van der Waals surface area contributed by atoms with Gasteiger partial charge in [-0.25, -0.2) is 9.18 Å². The Morgan fingerprint density at radius 1 is 1.47 bits per heavy atom. The zero-order valence-corrected chi connectivity index (χ0v) is 10.3. The SMILES string of the molecule is CC(Cc1ccc(F)cc1)Nc1nc(C(=O)O)co1. The summed E-state index contributed by atoms with van der Waals surface area (Å²) in [5.41, 5.74) is 0.822. The van der Waals surface area contributed by atoms with E-state index in [1.54, 1.807) is 12.1 Å². The lowest BCUT2D eigenvalue weighted by Crippen LogP contribution is -2.18. The first-order valence-corrected chi connectivity index (χ1v) is 5.74. The molecule has 1 atom stereocenters. The van der Waals surface area contributed by atoms with Gasteiger partial charge >= 0.3 is 5.97 Å². The van der Waals surface area contributed by atoms with E-state index in [9.17, 15) is 9.18 Å². The summed E-state index contributed by atoms with van der Waals surface area (Å²) in [7, 11) is 0. The maximum Gasteiger partial charge on any atom is 0.357 e. The van der Waals surface area contributed by atoms with E-state index in [0.29, 0.717) is 6.42 Å². The van der Waals surface area contributed by atoms with E-state index < -0.39 is 5.97 Å². The fourth-order valence-electron chi connectivity index (χ4n) is 1.67. The van der Waals surface area contributed by atoms with Gasteiger partial charge in [-0.15, -0.1) is 0 Å². The van der Waals surface area contributed by atoms with E-state index in [1.165, 1.54) is 12.1 Å². The molecule has 1 aromatic heterocycles. The van der Waals surface area contributed by atoms with Gasteiger partial charge in [-0.2, -0.15) is 4.98 Å². The number of nitrogens with zero attached hydrogens (tertiary/aromatic N) is 1. The van der Waals surface area contributed by atoms with Crippen LogP contribution in [0.3, 0.4) is 0 Å². The molecule has 0 saturated heterocycles. The van der Waals surface area contributed by atoms with Crippen molar-refractivity contribution in [3.8, 4) is 0 Å². The molecule has 0 saturated carbocycles. The first-order valence-electron chi connectivity index (χ1n) is 5.74. The second-order valence-electron chi connectivity index (χ2n) is 4.22. The van der Waals surface area contributed by atoms with Crippen LogP contribution in [-0.4, -0.2) is 22.1 Å². The van der Waals surface area contributed by atoms with Crippen LogP contribution in [0.25, 0.3) is 0 Å². The second kappa shape index (κ2) is 5.51. The molecule has 2 aromatic rings. The van der Waals surface area contributed by atoms with Crippen molar-refractivity contribution in [2.75, 3.05) is 5.32 Å². The summed E-state index contributed by atoms with van der Waals surface area (Å²) < 4.78 is 17.7. The summed E-state index contributed by atoms with van der Waals surface area (Å²) in [6, 6.07) is 6.33. The van der Waals surface area contributed by atoms with Crippen molar-refractivity contribution in [3.63, 3.8) is 0 Å². The van der Waals surface area contributed by atoms with Gasteiger partial charge in [-0.3, -0.25) is 0 Å². The van der Waals surface area contributed by atoms with Gasteiger partial charge < -0.3 is 14.8 Å². The van der Waals surface area contributed by atoms with E-state index in [4.69, 9.17) is 9.52 Å². The first-order chi connectivity index (χ1) is 9.04. The van der Waals surface area contributed by atoms with Gasteiger partial charge in [-0.1, -0.05) is 12.1 Å². The molecule has 0 spiro atoms. The topological polar surface area (TPSA) is 75.4 Å². The van der Waals surface area contributed by atoms with Crippen molar-refractivity contribution in [1.29, 1.82) is 0 Å². The second-order valence-corrected chi connectivity index (χ2v) is 4.22. The third-order valence-electron chi connectivity index (χ3n) is 2.55. The number of aromatic carboxylic acids is 1. The maximum absolute atomic E-state index is 12.8. The monoisotopic (exact) mass is 264 g/mol. The average Bonchev–Trinajstić information content (AvgIpc) is 2.80. The molecule has 0 amide bonds. The van der Waals surface area contributed by atoms with Gasteiger partial charge in [0.05, 0.1) is 0 Å². The van der Waals surface area contributed by atoms with Crippen molar-refractivity contribution in [2.45, 2.75) is 19.4 Å². The quantitative estimate of drug-likeness (QED) is 0.868. The molecular formula is C13H13FN2O3. The lowest BCUT2D eigenvalue weighted by atomic mass is 10.1. The predicted octanol–water partition coefficient (Wildman–Crippen LogP) is 2.55. The van der Waals surface area contributed by atoms with Crippen LogP contribution in [0.15, 0.2) is 34.9 Å². The number of oxazole rings is 1. The molecule has 1 aromatic carbocycles. The molecule has 19 heavy (non-hydrogen) atoms. The van der Waals surface area contributed by atoms with Crippen LogP contribution in [0, 0.1) is 5.82 Å². The third-order valence-corrected chi connectivity index (χ3v) is 2.55. The highest BCUT2D eigenvalue weighted by Crippen LogP contribution is 2.12. The van der Waals surface area contributed by atoms with Gasteiger partial charge in [0, 0.05) is 6.04 Å². The normalized spacial score (nSPS) is 12.1. The molecule has 6 heteroatoms. The number of rotatable bonds is 5.